The predicted octanol–water partition coefficient (Wildman–Crippen LogP) is 3.07. The number of ether oxygens (including phenoxy) is 1. The lowest BCUT2D eigenvalue weighted by atomic mass is 10.0. The zero-order chi connectivity index (χ0) is 24.3. The van der Waals surface area contributed by atoms with Crippen molar-refractivity contribution >= 4 is 40.1 Å². The molecule has 2 N–H and O–H groups in total. The van der Waals surface area contributed by atoms with Gasteiger partial charge in [0.15, 0.2) is 5.69 Å². The lowest BCUT2D eigenvalue weighted by molar-refractivity contribution is 0.0691. The quantitative estimate of drug-likeness (QED) is 0.510. The number of methoxy groups -OCH3 is 1. The molecule has 0 radical (unpaired) electrons. The second-order valence-corrected chi connectivity index (χ2v) is 9.19. The Morgan fingerprint density at radius 1 is 1.29 bits per heavy atom. The summed E-state index contributed by atoms with van der Waals surface area (Å²) < 4.78 is 21.5. The first kappa shape index (κ1) is 22.5. The summed E-state index contributed by atoms with van der Waals surface area (Å²) in [7, 11) is 3.34. The Hall–Kier alpha value is -3.24. The maximum absolute atomic E-state index is 14.6. The zero-order valence-electron chi connectivity index (χ0n) is 18.7. The maximum Gasteiger partial charge on any atom is 0.356 e. The van der Waals surface area contributed by atoms with Crippen LogP contribution in [0.4, 0.5) is 16.0 Å². The molecule has 0 spiro atoms. The molecule has 34 heavy (non-hydrogen) atoms. The molecule has 3 atom stereocenters. The number of aromatic nitrogens is 3. The molecule has 11 heteroatoms. The monoisotopic (exact) mass is 487 g/mol. The predicted molar refractivity (Wildman–Crippen MR) is 125 cm³/mol. The van der Waals surface area contributed by atoms with Crippen LogP contribution < -0.4 is 15.8 Å². The number of hydrogen-bond donors (Lipinski definition) is 2. The highest BCUT2D eigenvalue weighted by atomic mass is 35.5. The van der Waals surface area contributed by atoms with Crippen molar-refractivity contribution in [1.29, 1.82) is 0 Å². The van der Waals surface area contributed by atoms with Crippen LogP contribution in [0.1, 0.15) is 29.0 Å². The van der Waals surface area contributed by atoms with Crippen molar-refractivity contribution < 1.29 is 19.0 Å². The smallest absolute Gasteiger partial charge is 0.356 e. The van der Waals surface area contributed by atoms with Crippen molar-refractivity contribution in [2.24, 2.45) is 18.9 Å². The van der Waals surface area contributed by atoms with Gasteiger partial charge in [0.2, 0.25) is 5.95 Å². The Balaban J connectivity index is 1.56. The molecule has 0 unspecified atom stereocenters. The van der Waals surface area contributed by atoms with E-state index in [1.807, 2.05) is 0 Å². The molecule has 1 saturated carbocycles. The van der Waals surface area contributed by atoms with E-state index in [2.05, 4.69) is 15.2 Å². The van der Waals surface area contributed by atoms with Gasteiger partial charge in [0, 0.05) is 44.6 Å². The Morgan fingerprint density at radius 3 is 2.65 bits per heavy atom. The summed E-state index contributed by atoms with van der Waals surface area (Å²) in [5, 5.41) is 12.7. The maximum atomic E-state index is 14.6. The number of carbonyl (C=O) groups is 1. The second-order valence-electron chi connectivity index (χ2n) is 8.80. The molecule has 178 valence electrons. The van der Waals surface area contributed by atoms with Crippen LogP contribution in [0, 0.1) is 17.7 Å². The topological polar surface area (TPSA) is 110 Å². The van der Waals surface area contributed by atoms with Crippen molar-refractivity contribution in [2.75, 3.05) is 30.4 Å². The van der Waals surface area contributed by atoms with Gasteiger partial charge in [-0.3, -0.25) is 9.36 Å². The van der Waals surface area contributed by atoms with Gasteiger partial charge in [0.1, 0.15) is 11.0 Å². The van der Waals surface area contributed by atoms with Crippen molar-refractivity contribution in [3.63, 3.8) is 0 Å². The van der Waals surface area contributed by atoms with Crippen LogP contribution in [-0.4, -0.2) is 51.9 Å². The third-order valence-electron chi connectivity index (χ3n) is 6.72. The molecule has 0 amide bonds. The summed E-state index contributed by atoms with van der Waals surface area (Å²) in [5.41, 5.74) is 0.405. The number of anilines is 2. The van der Waals surface area contributed by atoms with Gasteiger partial charge >= 0.3 is 5.97 Å². The second kappa shape index (κ2) is 8.21. The molecule has 2 fully saturated rings. The lowest BCUT2D eigenvalue weighted by Gasteiger charge is -2.24. The van der Waals surface area contributed by atoms with E-state index in [1.54, 1.807) is 21.1 Å². The largest absolute Gasteiger partial charge is 0.476 e. The first-order valence-corrected chi connectivity index (χ1v) is 11.2. The molecule has 0 bridgehead atoms. The van der Waals surface area contributed by atoms with Crippen LogP contribution in [0.2, 0.25) is 5.15 Å². The summed E-state index contributed by atoms with van der Waals surface area (Å²) in [6.45, 7) is 3.21. The Labute approximate surface area is 199 Å². The van der Waals surface area contributed by atoms with Gasteiger partial charge < -0.3 is 20.1 Å². The molecule has 5 rings (SSSR count). The van der Waals surface area contributed by atoms with Crippen molar-refractivity contribution in [2.45, 2.75) is 19.1 Å². The normalized spacial score (nSPS) is 22.0. The van der Waals surface area contributed by atoms with Crippen molar-refractivity contribution in [3.8, 4) is 0 Å². The lowest BCUT2D eigenvalue weighted by Crippen LogP contribution is -2.33. The van der Waals surface area contributed by atoms with Gasteiger partial charge in [-0.1, -0.05) is 11.6 Å². The number of nitrogens with zero attached hydrogens (tertiary/aromatic N) is 4. The average molecular weight is 488 g/mol. The van der Waals surface area contributed by atoms with E-state index in [-0.39, 0.29) is 33.6 Å². The number of pyridine rings is 1. The number of carboxylic acid groups (broad SMARTS) is 1. The van der Waals surface area contributed by atoms with Crippen molar-refractivity contribution in [3.05, 3.63) is 56.8 Å². The molecule has 1 aliphatic carbocycles. The van der Waals surface area contributed by atoms with Crippen molar-refractivity contribution in [1.82, 2.24) is 14.5 Å². The summed E-state index contributed by atoms with van der Waals surface area (Å²) in [4.78, 5) is 35.5. The minimum atomic E-state index is -1.25. The average Bonchev–Trinajstić information content (AvgIpc) is 3.27. The van der Waals surface area contributed by atoms with Gasteiger partial charge in [-0.15, -0.1) is 0 Å². The summed E-state index contributed by atoms with van der Waals surface area (Å²) in [6, 6.07) is 4.86. The van der Waals surface area contributed by atoms with E-state index in [1.165, 1.54) is 28.8 Å². The number of piperidine rings is 1. The number of aromatic carboxylic acids is 1. The van der Waals surface area contributed by atoms with Gasteiger partial charge in [-0.05, 0) is 31.2 Å². The van der Waals surface area contributed by atoms with E-state index in [0.717, 1.165) is 13.1 Å². The third kappa shape index (κ3) is 3.67. The van der Waals surface area contributed by atoms with Gasteiger partial charge in [-0.2, -0.15) is 0 Å². The molecule has 2 aliphatic rings. The van der Waals surface area contributed by atoms with Gasteiger partial charge in [0.05, 0.1) is 28.7 Å². The molecule has 1 saturated heterocycles. The first-order chi connectivity index (χ1) is 16.2. The zero-order valence-corrected chi connectivity index (χ0v) is 19.5. The molecule has 3 heterocycles. The number of nitrogens with one attached hydrogen (secondary N) is 1. The number of benzene rings is 1. The van der Waals surface area contributed by atoms with Crippen LogP contribution in [0.3, 0.4) is 0 Å². The van der Waals surface area contributed by atoms with E-state index in [9.17, 15) is 19.1 Å². The molecule has 1 aromatic carbocycles. The van der Waals surface area contributed by atoms with E-state index >= 15 is 0 Å². The van der Waals surface area contributed by atoms with Crippen LogP contribution in [-0.2, 0) is 11.8 Å². The molecular weight excluding hydrogens is 465 g/mol. The fourth-order valence-corrected chi connectivity index (χ4v) is 5.13. The summed E-state index contributed by atoms with van der Waals surface area (Å²) in [6.07, 6.45) is 0.249. The standard InChI is InChI=1S/C23H23ClFN5O4/c1-10(26-16-4-5-17(24)27-19(16)22(32)33)12-6-11(25)7-13-18(12)28-23(29(2)21(13)31)30-8-14-15(9-30)20(14)34-3/h4-7,10,14-15,20,26H,8-9H2,1-3H3,(H,32,33)/t10-,14+,15+/m0/s1. The number of fused-ring (bicyclic) bond motifs is 2. The number of hydrogen-bond acceptors (Lipinski definition) is 7. The molecule has 2 aromatic heterocycles. The molecule has 1 aliphatic heterocycles. The van der Waals surface area contributed by atoms with Crippen LogP contribution in [0.15, 0.2) is 29.1 Å². The number of rotatable bonds is 6. The van der Waals surface area contributed by atoms with E-state index in [4.69, 9.17) is 21.3 Å². The minimum Gasteiger partial charge on any atom is -0.476 e. The third-order valence-corrected chi connectivity index (χ3v) is 6.93. The fourth-order valence-electron chi connectivity index (χ4n) is 4.98. The molecule has 9 nitrogen and oxygen atoms in total. The summed E-state index contributed by atoms with van der Waals surface area (Å²) >= 11 is 5.85. The van der Waals surface area contributed by atoms with Crippen LogP contribution >= 0.6 is 11.6 Å². The molecule has 3 aromatic rings. The van der Waals surface area contributed by atoms with Crippen LogP contribution in [0.5, 0.6) is 0 Å². The van der Waals surface area contributed by atoms with Gasteiger partial charge in [-0.25, -0.2) is 19.2 Å². The van der Waals surface area contributed by atoms with Crippen LogP contribution in [0.25, 0.3) is 10.9 Å². The van der Waals surface area contributed by atoms with Gasteiger partial charge in [0.25, 0.3) is 5.56 Å². The fraction of sp³-hybridized carbons (Fsp3) is 0.391. The molecular formula is C23H23ClFN5O4. The highest BCUT2D eigenvalue weighted by Crippen LogP contribution is 2.48. The van der Waals surface area contributed by atoms with E-state index < -0.39 is 17.8 Å². The minimum absolute atomic E-state index is 0.0426. The first-order valence-electron chi connectivity index (χ1n) is 10.8. The summed E-state index contributed by atoms with van der Waals surface area (Å²) in [5.74, 6) is -0.493. The number of carboxylic acids is 1. The van der Waals surface area contributed by atoms with E-state index in [0.29, 0.717) is 28.9 Å². The SMILES string of the molecule is COC1[C@@H]2CN(c3nc4c([C@H](C)Nc5ccc(Cl)nc5C(=O)O)cc(F)cc4c(=O)n3C)C[C@@H]12. The number of halogens is 2. The Bertz CT molecular complexity index is 1370. The Kier molecular flexibility index (Phi) is 5.44. The highest BCUT2D eigenvalue weighted by molar-refractivity contribution is 6.29. The highest BCUT2D eigenvalue weighted by Gasteiger charge is 2.57. The Morgan fingerprint density at radius 2 is 2.00 bits per heavy atom.